The predicted octanol–water partition coefficient (Wildman–Crippen LogP) is 4.04. The molecule has 2 N–H and O–H groups in total. The van der Waals surface area contributed by atoms with Gasteiger partial charge in [0.05, 0.1) is 29.1 Å². The highest BCUT2D eigenvalue weighted by atomic mass is 16.5. The Morgan fingerprint density at radius 3 is 2.59 bits per heavy atom. The number of ether oxygens (including phenoxy) is 1. The second-order valence-electron chi connectivity index (χ2n) is 6.56. The predicted molar refractivity (Wildman–Crippen MR) is 112 cm³/mol. The third-order valence-electron chi connectivity index (χ3n) is 4.52. The largest absolute Gasteiger partial charge is 0.462 e. The van der Waals surface area contributed by atoms with Gasteiger partial charge in [0.1, 0.15) is 5.52 Å². The number of anilines is 1. The normalized spacial score (nSPS) is 10.8. The van der Waals surface area contributed by atoms with E-state index in [2.05, 4.69) is 9.97 Å². The van der Waals surface area contributed by atoms with Crippen molar-refractivity contribution >= 4 is 23.0 Å². The first-order valence-electron chi connectivity index (χ1n) is 9.38. The maximum atomic E-state index is 12.1. The van der Waals surface area contributed by atoms with Gasteiger partial charge >= 0.3 is 5.97 Å². The highest BCUT2D eigenvalue weighted by Crippen LogP contribution is 2.24. The number of aromatic nitrogens is 3. The average Bonchev–Trinajstić information content (AvgIpc) is 2.74. The van der Waals surface area contributed by atoms with Gasteiger partial charge in [0.2, 0.25) is 5.95 Å². The third kappa shape index (κ3) is 4.06. The van der Waals surface area contributed by atoms with E-state index in [9.17, 15) is 4.79 Å². The molecule has 2 aromatic carbocycles. The Kier molecular flexibility index (Phi) is 5.16. The fourth-order valence-electron chi connectivity index (χ4n) is 3.19. The minimum absolute atomic E-state index is 0.224. The van der Waals surface area contributed by atoms with E-state index in [0.717, 1.165) is 22.5 Å². The number of nitrogens with zero attached hydrogens (tertiary/aromatic N) is 3. The molecule has 2 heterocycles. The van der Waals surface area contributed by atoms with Crippen LogP contribution >= 0.6 is 0 Å². The summed E-state index contributed by atoms with van der Waals surface area (Å²) in [4.78, 5) is 25.6. The van der Waals surface area contributed by atoms with Crippen LogP contribution in [-0.2, 0) is 11.2 Å². The zero-order valence-electron chi connectivity index (χ0n) is 16.0. The summed E-state index contributed by atoms with van der Waals surface area (Å²) in [5, 5.41) is 0. The lowest BCUT2D eigenvalue weighted by Crippen LogP contribution is -2.05. The number of carbonyl (C=O) groups is 1. The fraction of sp³-hybridized carbons (Fsp3) is 0.130. The lowest BCUT2D eigenvalue weighted by atomic mass is 10.1. The Labute approximate surface area is 168 Å². The minimum Gasteiger partial charge on any atom is -0.462 e. The first-order chi connectivity index (χ1) is 14.1. The van der Waals surface area contributed by atoms with Crippen molar-refractivity contribution in [2.45, 2.75) is 13.3 Å². The van der Waals surface area contributed by atoms with E-state index >= 15 is 0 Å². The standard InChI is InChI=1S/C23H20N4O2/c1-2-29-22(28)17-10-6-9-16(14-17)18-11-12-19-21(25-18)20(27-23(24)26-19)13-15-7-4-3-5-8-15/h3-12,14H,2,13H2,1H3,(H2,24,26,27). The molecule has 0 aliphatic carbocycles. The molecule has 4 aromatic rings. The number of nitrogen functional groups attached to an aromatic ring is 1. The van der Waals surface area contributed by atoms with Crippen LogP contribution in [0.5, 0.6) is 0 Å². The summed E-state index contributed by atoms with van der Waals surface area (Å²) in [6, 6.07) is 21.0. The first kappa shape index (κ1) is 18.6. The molecule has 0 atom stereocenters. The topological polar surface area (TPSA) is 91.0 Å². The van der Waals surface area contributed by atoms with Gasteiger partial charge in [-0.2, -0.15) is 0 Å². The number of esters is 1. The molecule has 0 spiro atoms. The van der Waals surface area contributed by atoms with E-state index in [1.165, 1.54) is 0 Å². The maximum Gasteiger partial charge on any atom is 0.338 e. The summed E-state index contributed by atoms with van der Waals surface area (Å²) in [5.74, 6) is -0.127. The van der Waals surface area contributed by atoms with Crippen molar-refractivity contribution in [3.63, 3.8) is 0 Å². The molecule has 0 bridgehead atoms. The van der Waals surface area contributed by atoms with Gasteiger partial charge in [-0.05, 0) is 36.8 Å². The van der Waals surface area contributed by atoms with Crippen molar-refractivity contribution < 1.29 is 9.53 Å². The Morgan fingerprint density at radius 2 is 1.79 bits per heavy atom. The second kappa shape index (κ2) is 8.06. The molecule has 0 amide bonds. The van der Waals surface area contributed by atoms with Crippen LogP contribution in [0.3, 0.4) is 0 Å². The van der Waals surface area contributed by atoms with E-state index < -0.39 is 0 Å². The van der Waals surface area contributed by atoms with Gasteiger partial charge in [0.25, 0.3) is 0 Å². The SMILES string of the molecule is CCOC(=O)c1cccc(-c2ccc3nc(N)nc(Cc4ccccc4)c3n2)c1. The number of carbonyl (C=O) groups excluding carboxylic acids is 1. The van der Waals surface area contributed by atoms with Crippen molar-refractivity contribution in [3.8, 4) is 11.3 Å². The number of rotatable bonds is 5. The van der Waals surface area contributed by atoms with E-state index in [1.807, 2.05) is 54.6 Å². The van der Waals surface area contributed by atoms with Gasteiger partial charge in [-0.1, -0.05) is 42.5 Å². The van der Waals surface area contributed by atoms with E-state index in [0.29, 0.717) is 29.6 Å². The molecule has 0 fully saturated rings. The Balaban J connectivity index is 1.78. The molecule has 0 saturated heterocycles. The van der Waals surface area contributed by atoms with Crippen molar-refractivity contribution in [2.24, 2.45) is 0 Å². The molecule has 0 aliphatic rings. The Bertz CT molecular complexity index is 1180. The van der Waals surface area contributed by atoms with E-state index in [4.69, 9.17) is 15.5 Å². The fourth-order valence-corrected chi connectivity index (χ4v) is 3.19. The monoisotopic (exact) mass is 384 g/mol. The number of hydrogen-bond donors (Lipinski definition) is 1. The van der Waals surface area contributed by atoms with Crippen LogP contribution in [-0.4, -0.2) is 27.5 Å². The molecule has 0 aliphatic heterocycles. The van der Waals surface area contributed by atoms with Gasteiger partial charge in [-0.15, -0.1) is 0 Å². The molecule has 0 unspecified atom stereocenters. The number of pyridine rings is 1. The zero-order valence-corrected chi connectivity index (χ0v) is 16.0. The molecule has 4 rings (SSSR count). The Morgan fingerprint density at radius 1 is 0.966 bits per heavy atom. The van der Waals surface area contributed by atoms with Crippen LogP contribution in [0, 0.1) is 0 Å². The zero-order chi connectivity index (χ0) is 20.2. The van der Waals surface area contributed by atoms with E-state index in [-0.39, 0.29) is 11.9 Å². The summed E-state index contributed by atoms with van der Waals surface area (Å²) >= 11 is 0. The van der Waals surface area contributed by atoms with Crippen LogP contribution in [0.25, 0.3) is 22.3 Å². The minimum atomic E-state index is -0.351. The lowest BCUT2D eigenvalue weighted by molar-refractivity contribution is 0.0526. The van der Waals surface area contributed by atoms with Crippen molar-refractivity contribution in [1.82, 2.24) is 15.0 Å². The number of benzene rings is 2. The highest BCUT2D eigenvalue weighted by molar-refractivity contribution is 5.91. The molecule has 2 aromatic heterocycles. The second-order valence-corrected chi connectivity index (χ2v) is 6.56. The summed E-state index contributed by atoms with van der Waals surface area (Å²) < 4.78 is 5.09. The number of fused-ring (bicyclic) bond motifs is 1. The maximum absolute atomic E-state index is 12.1. The molecular weight excluding hydrogens is 364 g/mol. The number of hydrogen-bond acceptors (Lipinski definition) is 6. The van der Waals surface area contributed by atoms with Gasteiger partial charge < -0.3 is 10.5 Å². The summed E-state index contributed by atoms with van der Waals surface area (Å²) in [7, 11) is 0. The van der Waals surface area contributed by atoms with Crippen molar-refractivity contribution in [2.75, 3.05) is 12.3 Å². The molecule has 144 valence electrons. The molecule has 6 nitrogen and oxygen atoms in total. The van der Waals surface area contributed by atoms with Gasteiger partial charge in [-0.3, -0.25) is 0 Å². The Hall–Kier alpha value is -3.80. The lowest BCUT2D eigenvalue weighted by Gasteiger charge is -2.09. The van der Waals surface area contributed by atoms with Gasteiger partial charge in [-0.25, -0.2) is 19.7 Å². The average molecular weight is 384 g/mol. The molecule has 0 radical (unpaired) electrons. The van der Waals surface area contributed by atoms with E-state index in [1.54, 1.807) is 19.1 Å². The number of nitrogens with two attached hydrogens (primary N) is 1. The highest BCUT2D eigenvalue weighted by Gasteiger charge is 2.12. The summed E-state index contributed by atoms with van der Waals surface area (Å²) in [5.41, 5.74) is 11.2. The summed E-state index contributed by atoms with van der Waals surface area (Å²) in [6.45, 7) is 2.12. The van der Waals surface area contributed by atoms with Gasteiger partial charge in [0.15, 0.2) is 0 Å². The van der Waals surface area contributed by atoms with Crippen molar-refractivity contribution in [1.29, 1.82) is 0 Å². The smallest absolute Gasteiger partial charge is 0.338 e. The molecular formula is C23H20N4O2. The van der Waals surface area contributed by atoms with Crippen LogP contribution in [0.2, 0.25) is 0 Å². The van der Waals surface area contributed by atoms with Crippen LogP contribution in [0.4, 0.5) is 5.95 Å². The van der Waals surface area contributed by atoms with Gasteiger partial charge in [0, 0.05) is 12.0 Å². The summed E-state index contributed by atoms with van der Waals surface area (Å²) in [6.07, 6.45) is 0.601. The quantitative estimate of drug-likeness (QED) is 0.522. The molecule has 6 heteroatoms. The van der Waals surface area contributed by atoms with Crippen LogP contribution in [0.15, 0.2) is 66.7 Å². The molecule has 29 heavy (non-hydrogen) atoms. The first-order valence-corrected chi connectivity index (χ1v) is 9.38. The van der Waals surface area contributed by atoms with Crippen LogP contribution in [0.1, 0.15) is 28.5 Å². The van der Waals surface area contributed by atoms with Crippen molar-refractivity contribution in [3.05, 3.63) is 83.6 Å². The third-order valence-corrected chi connectivity index (χ3v) is 4.52. The van der Waals surface area contributed by atoms with Crippen LogP contribution < -0.4 is 5.73 Å². The molecule has 0 saturated carbocycles.